The summed E-state index contributed by atoms with van der Waals surface area (Å²) in [6.45, 7) is 0. The predicted octanol–water partition coefficient (Wildman–Crippen LogP) is 5.26. The zero-order valence-corrected chi connectivity index (χ0v) is 13.3. The molecule has 3 aromatic carbocycles. The van der Waals surface area contributed by atoms with Gasteiger partial charge in [0.15, 0.2) is 0 Å². The van der Waals surface area contributed by atoms with Crippen LogP contribution < -0.4 is 0 Å². The maximum atomic E-state index is 4.49. The summed E-state index contributed by atoms with van der Waals surface area (Å²) < 4.78 is 0. The van der Waals surface area contributed by atoms with Gasteiger partial charge in [-0.05, 0) is 22.3 Å². The maximum Gasteiger partial charge on any atom is 0.118 e. The first-order valence-corrected chi connectivity index (χ1v) is 8.11. The topological polar surface area (TPSA) is 28.7 Å². The number of imidazole rings is 1. The second-order valence-electron chi connectivity index (χ2n) is 5.81. The number of aromatic amines is 1. The molecule has 0 radical (unpaired) electrons. The fourth-order valence-corrected chi connectivity index (χ4v) is 3.09. The van der Waals surface area contributed by atoms with Crippen molar-refractivity contribution in [1.29, 1.82) is 0 Å². The Labute approximate surface area is 141 Å². The average molecular weight is 310 g/mol. The number of nitrogens with one attached hydrogen (secondary N) is 1. The van der Waals surface area contributed by atoms with Gasteiger partial charge >= 0.3 is 0 Å². The molecule has 0 amide bonds. The van der Waals surface area contributed by atoms with Gasteiger partial charge in [0.05, 0.1) is 5.92 Å². The van der Waals surface area contributed by atoms with Crippen LogP contribution in [-0.2, 0) is 0 Å². The van der Waals surface area contributed by atoms with E-state index in [0.717, 1.165) is 5.82 Å². The molecule has 0 saturated heterocycles. The summed E-state index contributed by atoms with van der Waals surface area (Å²) in [5.74, 6) is 1.08. The number of nitrogens with zero attached hydrogens (tertiary/aromatic N) is 1. The third kappa shape index (κ3) is 2.86. The lowest BCUT2D eigenvalue weighted by Crippen LogP contribution is -2.05. The van der Waals surface area contributed by atoms with Crippen molar-refractivity contribution in [2.75, 3.05) is 0 Å². The lowest BCUT2D eigenvalue weighted by atomic mass is 9.89. The number of hydrogen-bond acceptors (Lipinski definition) is 1. The summed E-state index contributed by atoms with van der Waals surface area (Å²) in [5.41, 5.74) is 4.93. The molecule has 116 valence electrons. The lowest BCUT2D eigenvalue weighted by molar-refractivity contribution is 0.884. The van der Waals surface area contributed by atoms with Gasteiger partial charge in [0.1, 0.15) is 5.82 Å². The van der Waals surface area contributed by atoms with E-state index < -0.39 is 0 Å². The smallest absolute Gasteiger partial charge is 0.118 e. The third-order valence-electron chi connectivity index (χ3n) is 4.28. The Balaban J connectivity index is 1.74. The quantitative estimate of drug-likeness (QED) is 0.547. The van der Waals surface area contributed by atoms with Crippen LogP contribution in [0, 0.1) is 0 Å². The predicted molar refractivity (Wildman–Crippen MR) is 97.9 cm³/mol. The van der Waals surface area contributed by atoms with Crippen LogP contribution in [0.5, 0.6) is 0 Å². The molecule has 0 bridgehead atoms. The van der Waals surface area contributed by atoms with Gasteiger partial charge in [-0.3, -0.25) is 0 Å². The first kappa shape index (κ1) is 14.5. The highest BCUT2D eigenvalue weighted by molar-refractivity contribution is 5.63. The standard InChI is InChI=1S/C22H18N2/c1-3-7-17(8-4-1)18-11-13-20(14-12-18)21(22-23-15-16-24-22)19-9-5-2-6-10-19/h1-16,21H,(H,23,24). The molecule has 0 saturated carbocycles. The van der Waals surface area contributed by atoms with Gasteiger partial charge in [0.25, 0.3) is 0 Å². The van der Waals surface area contributed by atoms with Crippen molar-refractivity contribution >= 4 is 0 Å². The minimum Gasteiger partial charge on any atom is -0.348 e. The van der Waals surface area contributed by atoms with Crippen molar-refractivity contribution in [2.45, 2.75) is 5.92 Å². The Morgan fingerprint density at radius 1 is 0.625 bits per heavy atom. The summed E-state index contributed by atoms with van der Waals surface area (Å²) in [4.78, 5) is 7.76. The molecule has 24 heavy (non-hydrogen) atoms. The van der Waals surface area contributed by atoms with Crippen molar-refractivity contribution in [1.82, 2.24) is 9.97 Å². The minimum absolute atomic E-state index is 0.117. The number of benzene rings is 3. The molecule has 0 fully saturated rings. The molecule has 4 aromatic rings. The minimum atomic E-state index is 0.117. The zero-order valence-electron chi connectivity index (χ0n) is 13.3. The molecule has 1 heterocycles. The Kier molecular flexibility index (Phi) is 3.95. The first-order valence-electron chi connectivity index (χ1n) is 8.11. The number of H-pyrrole nitrogens is 1. The zero-order chi connectivity index (χ0) is 16.2. The lowest BCUT2D eigenvalue weighted by Gasteiger charge is -2.16. The van der Waals surface area contributed by atoms with Crippen LogP contribution in [0.3, 0.4) is 0 Å². The van der Waals surface area contributed by atoms with E-state index >= 15 is 0 Å². The summed E-state index contributed by atoms with van der Waals surface area (Å²) in [6.07, 6.45) is 3.69. The summed E-state index contributed by atoms with van der Waals surface area (Å²) >= 11 is 0. The Bertz CT molecular complexity index is 880. The molecule has 1 unspecified atom stereocenters. The van der Waals surface area contributed by atoms with E-state index in [2.05, 4.69) is 82.8 Å². The molecule has 0 aliphatic rings. The van der Waals surface area contributed by atoms with Gasteiger partial charge in [-0.2, -0.15) is 0 Å². The molecule has 0 spiro atoms. The molecule has 1 atom stereocenters. The first-order chi connectivity index (χ1) is 11.9. The van der Waals surface area contributed by atoms with Crippen LogP contribution >= 0.6 is 0 Å². The highest BCUT2D eigenvalue weighted by Gasteiger charge is 2.18. The molecule has 1 N–H and O–H groups in total. The van der Waals surface area contributed by atoms with Crippen molar-refractivity contribution < 1.29 is 0 Å². The van der Waals surface area contributed by atoms with Gasteiger partial charge in [-0.25, -0.2) is 4.98 Å². The largest absolute Gasteiger partial charge is 0.348 e. The molecule has 2 heteroatoms. The van der Waals surface area contributed by atoms with Crippen LogP contribution in [0.15, 0.2) is 97.3 Å². The normalized spacial score (nSPS) is 12.0. The van der Waals surface area contributed by atoms with Crippen LogP contribution in [0.25, 0.3) is 11.1 Å². The fraction of sp³-hybridized carbons (Fsp3) is 0.0455. The molecular formula is C22H18N2. The Morgan fingerprint density at radius 2 is 1.21 bits per heavy atom. The molecule has 1 aromatic heterocycles. The van der Waals surface area contributed by atoms with Gasteiger partial charge in [-0.1, -0.05) is 84.9 Å². The SMILES string of the molecule is c1ccc(-c2ccc(C(c3ccccc3)c3ncc[nH]3)cc2)cc1. The van der Waals surface area contributed by atoms with Crippen molar-refractivity contribution in [2.24, 2.45) is 0 Å². The Hall–Kier alpha value is -3.13. The van der Waals surface area contributed by atoms with Crippen molar-refractivity contribution in [3.63, 3.8) is 0 Å². The van der Waals surface area contributed by atoms with E-state index in [9.17, 15) is 0 Å². The van der Waals surface area contributed by atoms with Gasteiger partial charge in [0, 0.05) is 12.4 Å². The van der Waals surface area contributed by atoms with E-state index in [1.165, 1.54) is 22.3 Å². The van der Waals surface area contributed by atoms with Crippen LogP contribution in [-0.4, -0.2) is 9.97 Å². The monoisotopic (exact) mass is 310 g/mol. The van der Waals surface area contributed by atoms with E-state index in [1.54, 1.807) is 0 Å². The van der Waals surface area contributed by atoms with Gasteiger partial charge < -0.3 is 4.98 Å². The van der Waals surface area contributed by atoms with Gasteiger partial charge in [0.2, 0.25) is 0 Å². The number of hydrogen-bond donors (Lipinski definition) is 1. The maximum absolute atomic E-state index is 4.49. The van der Waals surface area contributed by atoms with E-state index in [1.807, 2.05) is 24.5 Å². The molecular weight excluding hydrogens is 292 g/mol. The van der Waals surface area contributed by atoms with Crippen LogP contribution in [0.1, 0.15) is 22.9 Å². The fourth-order valence-electron chi connectivity index (χ4n) is 3.09. The molecule has 4 rings (SSSR count). The summed E-state index contributed by atoms with van der Waals surface area (Å²) in [6, 6.07) is 29.7. The molecule has 2 nitrogen and oxygen atoms in total. The average Bonchev–Trinajstić information content (AvgIpc) is 3.18. The summed E-state index contributed by atoms with van der Waals surface area (Å²) in [7, 11) is 0. The Morgan fingerprint density at radius 3 is 1.83 bits per heavy atom. The number of aromatic nitrogens is 2. The number of rotatable bonds is 4. The third-order valence-corrected chi connectivity index (χ3v) is 4.28. The highest BCUT2D eigenvalue weighted by atomic mass is 14.9. The van der Waals surface area contributed by atoms with E-state index in [0.29, 0.717) is 0 Å². The molecule has 0 aliphatic heterocycles. The van der Waals surface area contributed by atoms with Crippen LogP contribution in [0.4, 0.5) is 0 Å². The van der Waals surface area contributed by atoms with Crippen molar-refractivity contribution in [3.8, 4) is 11.1 Å². The highest BCUT2D eigenvalue weighted by Crippen LogP contribution is 2.31. The van der Waals surface area contributed by atoms with Crippen molar-refractivity contribution in [3.05, 3.63) is 114 Å². The van der Waals surface area contributed by atoms with Gasteiger partial charge in [-0.15, -0.1) is 0 Å². The van der Waals surface area contributed by atoms with E-state index in [-0.39, 0.29) is 5.92 Å². The molecule has 0 aliphatic carbocycles. The second kappa shape index (κ2) is 6.55. The summed E-state index contributed by atoms with van der Waals surface area (Å²) in [5, 5.41) is 0. The van der Waals surface area contributed by atoms with E-state index in [4.69, 9.17) is 0 Å². The van der Waals surface area contributed by atoms with Crippen LogP contribution in [0.2, 0.25) is 0 Å². The second-order valence-corrected chi connectivity index (χ2v) is 5.81.